The summed E-state index contributed by atoms with van der Waals surface area (Å²) in [4.78, 5) is 0. The highest BCUT2D eigenvalue weighted by Crippen LogP contribution is 2.18. The Kier molecular flexibility index (Phi) is 5.17. The lowest BCUT2D eigenvalue weighted by Gasteiger charge is -2.13. The smallest absolute Gasteiger partial charge is 0.244 e. The van der Waals surface area contributed by atoms with Crippen LogP contribution in [0.2, 0.25) is 0 Å². The molecule has 0 saturated heterocycles. The van der Waals surface area contributed by atoms with E-state index in [4.69, 9.17) is 0 Å². The lowest BCUT2D eigenvalue weighted by Crippen LogP contribution is -2.24. The van der Waals surface area contributed by atoms with Gasteiger partial charge in [-0.25, -0.2) is 22.0 Å². The van der Waals surface area contributed by atoms with Gasteiger partial charge in [-0.2, -0.15) is 0 Å². The Morgan fingerprint density at radius 1 is 0.833 bits per heavy atom. The summed E-state index contributed by atoms with van der Waals surface area (Å²) < 4.78 is 59.8. The Bertz CT molecular complexity index is 116. The molecule has 0 bridgehead atoms. The molecule has 0 aliphatic heterocycles. The van der Waals surface area contributed by atoms with Gasteiger partial charge in [0, 0.05) is 6.42 Å². The quantitative estimate of drug-likeness (QED) is 0.583. The van der Waals surface area contributed by atoms with Gasteiger partial charge in [-0.05, 0) is 6.42 Å². The van der Waals surface area contributed by atoms with Crippen molar-refractivity contribution in [3.8, 4) is 0 Å². The molecule has 3 atom stereocenters. The van der Waals surface area contributed by atoms with Gasteiger partial charge in [0.05, 0.1) is 0 Å². The van der Waals surface area contributed by atoms with Crippen molar-refractivity contribution in [1.29, 1.82) is 0 Å². The van der Waals surface area contributed by atoms with Gasteiger partial charge in [-0.1, -0.05) is 6.92 Å². The van der Waals surface area contributed by atoms with Gasteiger partial charge >= 0.3 is 0 Å². The molecule has 0 aromatic carbocycles. The predicted molar refractivity (Wildman–Crippen MR) is 35.3 cm³/mol. The topological polar surface area (TPSA) is 0 Å². The summed E-state index contributed by atoms with van der Waals surface area (Å²) in [5.74, 6) is 0. The van der Waals surface area contributed by atoms with Crippen LogP contribution >= 0.6 is 0 Å². The third-order valence-corrected chi connectivity index (χ3v) is 1.39. The molecule has 0 heterocycles. The van der Waals surface area contributed by atoms with Crippen molar-refractivity contribution < 1.29 is 22.0 Å². The highest BCUT2D eigenvalue weighted by molar-refractivity contribution is 4.74. The first kappa shape index (κ1) is 11.6. The summed E-state index contributed by atoms with van der Waals surface area (Å²) in [5, 5.41) is 0. The first-order valence-corrected chi connectivity index (χ1v) is 3.48. The second-order valence-electron chi connectivity index (χ2n) is 2.41. The maximum Gasteiger partial charge on any atom is 0.269 e. The average molecular weight is 189 g/mol. The normalized spacial score (nSPS) is 19.2. The van der Waals surface area contributed by atoms with E-state index in [0.717, 1.165) is 0 Å². The van der Waals surface area contributed by atoms with Gasteiger partial charge in [0.2, 0.25) is 0 Å². The largest absolute Gasteiger partial charge is 0.269 e. The van der Waals surface area contributed by atoms with Gasteiger partial charge < -0.3 is 0 Å². The van der Waals surface area contributed by atoms with Crippen molar-refractivity contribution in [2.45, 2.75) is 37.8 Å². The molecule has 0 saturated carbocycles. The van der Waals surface area contributed by atoms with E-state index in [1.807, 2.05) is 0 Å². The van der Waals surface area contributed by atoms with E-state index in [0.29, 0.717) is 0 Å². The number of hydrogen-bond donors (Lipinski definition) is 0. The zero-order valence-corrected chi connectivity index (χ0v) is 6.32. The highest BCUT2D eigenvalue weighted by Gasteiger charge is 2.28. The lowest BCUT2D eigenvalue weighted by molar-refractivity contribution is 0.0194. The molecule has 1 radical (unpaired) electrons. The highest BCUT2D eigenvalue weighted by atomic mass is 19.3. The molecule has 0 rings (SSSR count). The van der Waals surface area contributed by atoms with Crippen molar-refractivity contribution in [3.05, 3.63) is 6.92 Å². The second kappa shape index (κ2) is 5.32. The number of halogens is 5. The molecular formula is C7H10F5. The van der Waals surface area contributed by atoms with Crippen LogP contribution in [0.1, 0.15) is 12.8 Å². The van der Waals surface area contributed by atoms with Crippen molar-refractivity contribution >= 4 is 0 Å². The van der Waals surface area contributed by atoms with Crippen molar-refractivity contribution in [2.75, 3.05) is 0 Å². The van der Waals surface area contributed by atoms with Gasteiger partial charge in [-0.3, -0.25) is 0 Å². The van der Waals surface area contributed by atoms with Crippen LogP contribution in [-0.4, -0.2) is 24.9 Å². The van der Waals surface area contributed by atoms with Crippen LogP contribution in [0.4, 0.5) is 22.0 Å². The van der Waals surface area contributed by atoms with E-state index in [1.165, 1.54) is 0 Å². The summed E-state index contributed by atoms with van der Waals surface area (Å²) in [6.45, 7) is 3.03. The van der Waals surface area contributed by atoms with Gasteiger partial charge in [0.1, 0.15) is 12.3 Å². The van der Waals surface area contributed by atoms with Gasteiger partial charge in [-0.15, -0.1) is 0 Å². The molecule has 0 aliphatic rings. The van der Waals surface area contributed by atoms with Gasteiger partial charge in [0.25, 0.3) is 6.43 Å². The third-order valence-electron chi connectivity index (χ3n) is 1.39. The molecule has 2 unspecified atom stereocenters. The minimum Gasteiger partial charge on any atom is -0.244 e. The van der Waals surface area contributed by atoms with E-state index in [9.17, 15) is 22.0 Å². The van der Waals surface area contributed by atoms with Gasteiger partial charge in [0.15, 0.2) is 6.17 Å². The third kappa shape index (κ3) is 3.88. The SMILES string of the molecule is [CH2]CC(F)C(F)C[C@H](F)C(F)F. The minimum atomic E-state index is -3.25. The van der Waals surface area contributed by atoms with E-state index >= 15 is 0 Å². The zero-order chi connectivity index (χ0) is 9.72. The van der Waals surface area contributed by atoms with Crippen LogP contribution in [-0.2, 0) is 0 Å². The molecule has 0 fully saturated rings. The minimum absolute atomic E-state index is 0.378. The number of rotatable bonds is 5. The fraction of sp³-hybridized carbons (Fsp3) is 0.857. The second-order valence-corrected chi connectivity index (χ2v) is 2.41. The number of alkyl halides is 5. The van der Waals surface area contributed by atoms with E-state index in [2.05, 4.69) is 6.92 Å². The van der Waals surface area contributed by atoms with Crippen LogP contribution in [0, 0.1) is 6.92 Å². The maximum atomic E-state index is 12.4. The predicted octanol–water partition coefficient (Wildman–Crippen LogP) is 2.88. The Morgan fingerprint density at radius 3 is 1.67 bits per heavy atom. The van der Waals surface area contributed by atoms with Crippen LogP contribution in [0.5, 0.6) is 0 Å². The average Bonchev–Trinajstić information content (AvgIpc) is 2.02. The molecule has 0 aromatic rings. The molecule has 73 valence electrons. The molecule has 0 spiro atoms. The van der Waals surface area contributed by atoms with Crippen molar-refractivity contribution in [2.24, 2.45) is 0 Å². The molecule has 0 aliphatic carbocycles. The maximum absolute atomic E-state index is 12.4. The summed E-state index contributed by atoms with van der Waals surface area (Å²) in [5.41, 5.74) is 0. The molecule has 0 aromatic heterocycles. The van der Waals surface area contributed by atoms with Crippen LogP contribution in [0.25, 0.3) is 0 Å². The number of hydrogen-bond acceptors (Lipinski definition) is 0. The summed E-state index contributed by atoms with van der Waals surface area (Å²) in [6.07, 6.45) is -11.5. The molecule has 0 nitrogen and oxygen atoms in total. The summed E-state index contributed by atoms with van der Waals surface area (Å²) in [7, 11) is 0. The van der Waals surface area contributed by atoms with E-state index in [1.54, 1.807) is 0 Å². The molecule has 0 amide bonds. The molecule has 0 N–H and O–H groups in total. The Hall–Kier alpha value is -0.350. The molecule has 12 heavy (non-hydrogen) atoms. The van der Waals surface area contributed by atoms with Crippen LogP contribution in [0.15, 0.2) is 0 Å². The van der Waals surface area contributed by atoms with Crippen molar-refractivity contribution in [1.82, 2.24) is 0 Å². The Morgan fingerprint density at radius 2 is 1.33 bits per heavy atom. The standard InChI is InChI=1S/C7H10F5/c1-2-4(8)5(9)3-6(10)7(11)12/h4-7H,1-3H2/t4?,5?,6-/m0/s1. The first-order chi connectivity index (χ1) is 5.49. The monoisotopic (exact) mass is 189 g/mol. The van der Waals surface area contributed by atoms with E-state index < -0.39 is 31.4 Å². The van der Waals surface area contributed by atoms with Crippen LogP contribution in [0.3, 0.4) is 0 Å². The summed E-state index contributed by atoms with van der Waals surface area (Å²) >= 11 is 0. The molecular weight excluding hydrogens is 179 g/mol. The lowest BCUT2D eigenvalue weighted by atomic mass is 10.1. The Labute approximate surface area is 67.8 Å². The van der Waals surface area contributed by atoms with Crippen molar-refractivity contribution in [3.63, 3.8) is 0 Å². The zero-order valence-electron chi connectivity index (χ0n) is 6.32. The molecule has 5 heteroatoms. The Balaban J connectivity index is 3.75. The fourth-order valence-electron chi connectivity index (χ4n) is 0.646. The van der Waals surface area contributed by atoms with Crippen LogP contribution < -0.4 is 0 Å². The summed E-state index contributed by atoms with van der Waals surface area (Å²) in [6, 6.07) is 0. The fourth-order valence-corrected chi connectivity index (χ4v) is 0.646. The first-order valence-electron chi connectivity index (χ1n) is 3.48. The van der Waals surface area contributed by atoms with E-state index in [-0.39, 0.29) is 6.42 Å².